The number of benzene rings is 3. The van der Waals surface area contributed by atoms with Crippen molar-refractivity contribution in [3.8, 4) is 11.1 Å². The standard InChI is InChI=1S/C27H25NO4/c29-25(30)27(15-5-6-16-27)18-11-13-19(14-12-18)28-26(31)32-17-24-22-9-3-1-7-20(22)21-8-2-4-10-23(21)24/h1-4,7-14,24H,5-6,15-17H2,(H,28,31)(H,29,30). The first kappa shape index (κ1) is 20.3. The van der Waals surface area contributed by atoms with E-state index < -0.39 is 17.5 Å². The number of hydrogen-bond donors (Lipinski definition) is 2. The Morgan fingerprint density at radius 2 is 1.44 bits per heavy atom. The molecular weight excluding hydrogens is 402 g/mol. The fraction of sp³-hybridized carbons (Fsp3) is 0.259. The highest BCUT2D eigenvalue weighted by Gasteiger charge is 2.42. The highest BCUT2D eigenvalue weighted by molar-refractivity contribution is 5.86. The van der Waals surface area contributed by atoms with E-state index in [0.717, 1.165) is 18.4 Å². The first-order valence-corrected chi connectivity index (χ1v) is 11.0. The molecule has 0 bridgehead atoms. The van der Waals surface area contributed by atoms with Crippen molar-refractivity contribution >= 4 is 17.7 Å². The van der Waals surface area contributed by atoms with E-state index in [-0.39, 0.29) is 12.5 Å². The van der Waals surface area contributed by atoms with Crippen molar-refractivity contribution in [3.63, 3.8) is 0 Å². The number of carbonyl (C=O) groups excluding carboxylic acids is 1. The predicted molar refractivity (Wildman–Crippen MR) is 123 cm³/mol. The second-order valence-corrected chi connectivity index (χ2v) is 8.62. The van der Waals surface area contributed by atoms with Crippen LogP contribution in [0.3, 0.4) is 0 Å². The molecule has 1 amide bonds. The Labute approximate surface area is 187 Å². The van der Waals surface area contributed by atoms with Gasteiger partial charge in [0.15, 0.2) is 0 Å². The Morgan fingerprint density at radius 1 is 0.875 bits per heavy atom. The normalized spacial score (nSPS) is 16.2. The van der Waals surface area contributed by atoms with E-state index >= 15 is 0 Å². The van der Waals surface area contributed by atoms with Crippen LogP contribution in [0.4, 0.5) is 10.5 Å². The largest absolute Gasteiger partial charge is 0.481 e. The van der Waals surface area contributed by atoms with Gasteiger partial charge in [0, 0.05) is 11.6 Å². The molecule has 0 spiro atoms. The van der Waals surface area contributed by atoms with Gasteiger partial charge in [-0.3, -0.25) is 10.1 Å². The van der Waals surface area contributed by atoms with Crippen LogP contribution in [-0.2, 0) is 14.9 Å². The van der Waals surface area contributed by atoms with Crippen LogP contribution in [0.5, 0.6) is 0 Å². The molecular formula is C27H25NO4. The molecule has 0 atom stereocenters. The number of amides is 1. The average molecular weight is 428 g/mol. The van der Waals surface area contributed by atoms with Crippen molar-refractivity contribution in [3.05, 3.63) is 89.5 Å². The lowest BCUT2D eigenvalue weighted by Gasteiger charge is -2.24. The SMILES string of the molecule is O=C(Nc1ccc(C2(C(=O)O)CCCC2)cc1)OCC1c2ccccc2-c2ccccc21. The van der Waals surface area contributed by atoms with Crippen LogP contribution in [-0.4, -0.2) is 23.8 Å². The lowest BCUT2D eigenvalue weighted by Crippen LogP contribution is -2.32. The topological polar surface area (TPSA) is 75.6 Å². The zero-order valence-corrected chi connectivity index (χ0v) is 17.7. The molecule has 2 aliphatic rings. The molecule has 0 radical (unpaired) electrons. The lowest BCUT2D eigenvalue weighted by atomic mass is 9.79. The van der Waals surface area contributed by atoms with Gasteiger partial charge in [0.1, 0.15) is 6.61 Å². The Bertz CT molecular complexity index is 1120. The fourth-order valence-corrected chi connectivity index (χ4v) is 5.23. The molecule has 3 aromatic carbocycles. The quantitative estimate of drug-likeness (QED) is 0.528. The number of ether oxygens (including phenoxy) is 1. The summed E-state index contributed by atoms with van der Waals surface area (Å²) in [7, 11) is 0. The molecule has 0 aromatic heterocycles. The number of anilines is 1. The van der Waals surface area contributed by atoms with Crippen molar-refractivity contribution in [1.82, 2.24) is 0 Å². The molecule has 0 saturated heterocycles. The molecule has 0 heterocycles. The molecule has 1 saturated carbocycles. The van der Waals surface area contributed by atoms with Gasteiger partial charge < -0.3 is 9.84 Å². The number of hydrogen-bond acceptors (Lipinski definition) is 3. The van der Waals surface area contributed by atoms with Gasteiger partial charge in [-0.2, -0.15) is 0 Å². The minimum Gasteiger partial charge on any atom is -0.481 e. The molecule has 0 aliphatic heterocycles. The third kappa shape index (κ3) is 3.44. The smallest absolute Gasteiger partial charge is 0.411 e. The van der Waals surface area contributed by atoms with E-state index in [1.807, 2.05) is 24.3 Å². The summed E-state index contributed by atoms with van der Waals surface area (Å²) >= 11 is 0. The summed E-state index contributed by atoms with van der Waals surface area (Å²) in [6.45, 7) is 0.250. The van der Waals surface area contributed by atoms with E-state index in [4.69, 9.17) is 4.74 Å². The number of rotatable bonds is 5. The van der Waals surface area contributed by atoms with Crippen molar-refractivity contribution in [2.45, 2.75) is 37.0 Å². The number of carboxylic acid groups (broad SMARTS) is 1. The summed E-state index contributed by atoms with van der Waals surface area (Å²) in [4.78, 5) is 24.4. The molecule has 0 unspecified atom stereocenters. The molecule has 5 rings (SSSR count). The molecule has 2 N–H and O–H groups in total. The highest BCUT2D eigenvalue weighted by atomic mass is 16.5. The summed E-state index contributed by atoms with van der Waals surface area (Å²) in [6, 6.07) is 23.5. The maximum atomic E-state index is 12.5. The first-order chi connectivity index (χ1) is 15.6. The Kier molecular flexibility index (Phi) is 5.17. The number of fused-ring (bicyclic) bond motifs is 3. The van der Waals surface area contributed by atoms with Crippen LogP contribution >= 0.6 is 0 Å². The second-order valence-electron chi connectivity index (χ2n) is 8.62. The highest BCUT2D eigenvalue weighted by Crippen LogP contribution is 2.44. The number of carboxylic acids is 1. The van der Waals surface area contributed by atoms with E-state index in [9.17, 15) is 14.7 Å². The lowest BCUT2D eigenvalue weighted by molar-refractivity contribution is -0.143. The molecule has 3 aromatic rings. The van der Waals surface area contributed by atoms with Crippen LogP contribution in [0, 0.1) is 0 Å². The Morgan fingerprint density at radius 3 is 2.00 bits per heavy atom. The average Bonchev–Trinajstić information content (AvgIpc) is 3.43. The predicted octanol–water partition coefficient (Wildman–Crippen LogP) is 5.94. The van der Waals surface area contributed by atoms with Gasteiger partial charge in [0.2, 0.25) is 0 Å². The number of nitrogens with one attached hydrogen (secondary N) is 1. The van der Waals surface area contributed by atoms with Crippen molar-refractivity contribution < 1.29 is 19.4 Å². The molecule has 32 heavy (non-hydrogen) atoms. The van der Waals surface area contributed by atoms with Gasteiger partial charge in [0.25, 0.3) is 0 Å². The maximum absolute atomic E-state index is 12.5. The molecule has 5 nitrogen and oxygen atoms in total. The van der Waals surface area contributed by atoms with Crippen LogP contribution in [0.15, 0.2) is 72.8 Å². The Balaban J connectivity index is 1.26. The van der Waals surface area contributed by atoms with Gasteiger partial charge >= 0.3 is 12.1 Å². The summed E-state index contributed by atoms with van der Waals surface area (Å²) in [5.41, 5.74) is 5.29. The molecule has 1 fully saturated rings. The molecule has 2 aliphatic carbocycles. The monoisotopic (exact) mass is 427 g/mol. The minimum absolute atomic E-state index is 0.00770. The number of aliphatic carboxylic acids is 1. The zero-order valence-electron chi connectivity index (χ0n) is 17.7. The van der Waals surface area contributed by atoms with Gasteiger partial charge in [-0.25, -0.2) is 4.79 Å². The van der Waals surface area contributed by atoms with E-state index in [1.54, 1.807) is 24.3 Å². The fourth-order valence-electron chi connectivity index (χ4n) is 5.23. The van der Waals surface area contributed by atoms with Crippen molar-refractivity contribution in [1.29, 1.82) is 0 Å². The van der Waals surface area contributed by atoms with Crippen LogP contribution < -0.4 is 5.32 Å². The van der Waals surface area contributed by atoms with Gasteiger partial charge in [-0.15, -0.1) is 0 Å². The van der Waals surface area contributed by atoms with Gasteiger partial charge in [0.05, 0.1) is 5.41 Å². The van der Waals surface area contributed by atoms with E-state index in [1.165, 1.54) is 22.3 Å². The first-order valence-electron chi connectivity index (χ1n) is 11.0. The van der Waals surface area contributed by atoms with E-state index in [0.29, 0.717) is 18.5 Å². The van der Waals surface area contributed by atoms with Crippen LogP contribution in [0.25, 0.3) is 11.1 Å². The van der Waals surface area contributed by atoms with E-state index in [2.05, 4.69) is 29.6 Å². The third-order valence-electron chi connectivity index (χ3n) is 6.89. The maximum Gasteiger partial charge on any atom is 0.411 e. The van der Waals surface area contributed by atoms with Crippen molar-refractivity contribution in [2.75, 3.05) is 11.9 Å². The summed E-state index contributed by atoms with van der Waals surface area (Å²) in [5.74, 6) is -0.763. The Hall–Kier alpha value is -3.60. The van der Waals surface area contributed by atoms with Crippen molar-refractivity contribution in [2.24, 2.45) is 0 Å². The zero-order chi connectivity index (χ0) is 22.1. The van der Waals surface area contributed by atoms with Gasteiger partial charge in [-0.1, -0.05) is 73.5 Å². The van der Waals surface area contributed by atoms with Gasteiger partial charge in [-0.05, 0) is 52.8 Å². The summed E-state index contributed by atoms with van der Waals surface area (Å²) in [6.07, 6.45) is 2.63. The van der Waals surface area contributed by atoms with Crippen LogP contribution in [0.1, 0.15) is 48.3 Å². The minimum atomic E-state index is -0.803. The molecule has 162 valence electrons. The third-order valence-corrected chi connectivity index (χ3v) is 6.89. The summed E-state index contributed by atoms with van der Waals surface area (Å²) < 4.78 is 5.59. The van der Waals surface area contributed by atoms with Crippen LogP contribution in [0.2, 0.25) is 0 Å². The number of carbonyl (C=O) groups is 2. The summed E-state index contributed by atoms with van der Waals surface area (Å²) in [5, 5.41) is 12.5. The second kappa shape index (κ2) is 8.15. The molecule has 5 heteroatoms.